The molecule has 2 aromatic carbocycles. The summed E-state index contributed by atoms with van der Waals surface area (Å²) in [4.78, 5) is 30.7. The first-order chi connectivity index (χ1) is 12.5. The van der Waals surface area contributed by atoms with E-state index < -0.39 is 10.5 Å². The number of rotatable bonds is 6. The molecular weight excluding hydrogens is 343 g/mol. The predicted molar refractivity (Wildman–Crippen MR) is 94.2 cm³/mol. The minimum absolute atomic E-state index is 0.152. The van der Waals surface area contributed by atoms with Crippen LogP contribution >= 0.6 is 0 Å². The molecule has 0 amide bonds. The van der Waals surface area contributed by atoms with Crippen LogP contribution in [-0.2, 0) is 0 Å². The van der Waals surface area contributed by atoms with Crippen LogP contribution in [-0.4, -0.2) is 35.1 Å². The quantitative estimate of drug-likeness (QED) is 0.537. The van der Waals surface area contributed by atoms with Crippen molar-refractivity contribution in [3.05, 3.63) is 69.0 Å². The van der Waals surface area contributed by atoms with E-state index in [0.717, 1.165) is 0 Å². The Bertz CT molecular complexity index is 1000. The Balaban J connectivity index is 1.81. The van der Waals surface area contributed by atoms with E-state index in [1.807, 2.05) is 0 Å². The van der Waals surface area contributed by atoms with Crippen molar-refractivity contribution < 1.29 is 14.1 Å². The highest BCUT2D eigenvalue weighted by Gasteiger charge is 2.20. The molecule has 0 aliphatic rings. The fourth-order valence-corrected chi connectivity index (χ4v) is 2.50. The van der Waals surface area contributed by atoms with Crippen molar-refractivity contribution >= 4 is 22.3 Å². The molecule has 0 aliphatic heterocycles. The Morgan fingerprint density at radius 3 is 2.73 bits per heavy atom. The number of anilines is 1. The highest BCUT2D eigenvalue weighted by molar-refractivity contribution is 5.86. The summed E-state index contributed by atoms with van der Waals surface area (Å²) >= 11 is 0. The molecule has 1 N–H and O–H groups in total. The van der Waals surface area contributed by atoms with E-state index >= 15 is 0 Å². The molecule has 1 heterocycles. The van der Waals surface area contributed by atoms with E-state index in [9.17, 15) is 19.3 Å². The Labute approximate surface area is 147 Å². The van der Waals surface area contributed by atoms with Crippen molar-refractivity contribution in [2.24, 2.45) is 0 Å². The van der Waals surface area contributed by atoms with Crippen LogP contribution in [0.1, 0.15) is 0 Å². The van der Waals surface area contributed by atoms with Crippen LogP contribution in [0.25, 0.3) is 10.9 Å². The van der Waals surface area contributed by atoms with Gasteiger partial charge in [0.05, 0.1) is 28.7 Å². The van der Waals surface area contributed by atoms with Crippen LogP contribution in [0.2, 0.25) is 0 Å². The second kappa shape index (κ2) is 7.18. The summed E-state index contributed by atoms with van der Waals surface area (Å²) < 4.78 is 18.4. The molecule has 9 heteroatoms. The van der Waals surface area contributed by atoms with Crippen molar-refractivity contribution in [1.29, 1.82) is 0 Å². The van der Waals surface area contributed by atoms with Gasteiger partial charge in [0.25, 0.3) is 11.2 Å². The zero-order valence-electron chi connectivity index (χ0n) is 13.8. The van der Waals surface area contributed by atoms with Gasteiger partial charge in [0.1, 0.15) is 23.9 Å². The Morgan fingerprint density at radius 1 is 1.31 bits per heavy atom. The zero-order valence-corrected chi connectivity index (χ0v) is 13.8. The van der Waals surface area contributed by atoms with Gasteiger partial charge in [-0.2, -0.15) is 0 Å². The average molecular weight is 358 g/mol. The van der Waals surface area contributed by atoms with Crippen LogP contribution in [0.15, 0.2) is 47.5 Å². The molecule has 0 bridgehead atoms. The Kier molecular flexibility index (Phi) is 4.78. The van der Waals surface area contributed by atoms with Gasteiger partial charge < -0.3 is 14.6 Å². The lowest BCUT2D eigenvalue weighted by Crippen LogP contribution is -2.24. The number of hydrogen-bond acceptors (Lipinski definition) is 6. The van der Waals surface area contributed by atoms with Gasteiger partial charge in [-0.1, -0.05) is 0 Å². The smallest absolute Gasteiger partial charge is 0.293 e. The second-order valence-corrected chi connectivity index (χ2v) is 5.57. The van der Waals surface area contributed by atoms with Gasteiger partial charge in [0.15, 0.2) is 0 Å². The molecule has 0 saturated heterocycles. The van der Waals surface area contributed by atoms with Crippen LogP contribution in [0.3, 0.4) is 0 Å². The third-order valence-electron chi connectivity index (χ3n) is 3.85. The van der Waals surface area contributed by atoms with Crippen LogP contribution in [0.4, 0.5) is 15.8 Å². The largest absolute Gasteiger partial charge is 0.492 e. The van der Waals surface area contributed by atoms with Crippen molar-refractivity contribution in [3.8, 4) is 5.75 Å². The van der Waals surface area contributed by atoms with E-state index in [1.54, 1.807) is 11.9 Å². The number of aromatic amines is 1. The fraction of sp³-hybridized carbons (Fsp3) is 0.176. The standard InChI is InChI=1S/C17H15FN4O4/c1-21(6-7-26-12-4-2-11(18)3-5-12)15-9-14-13(8-16(15)22(24)25)17(23)20-10-19-14/h2-5,8-10H,6-7H2,1H3,(H,19,20,23). The number of nitrogens with one attached hydrogen (secondary N) is 1. The van der Waals surface area contributed by atoms with Crippen LogP contribution in [0.5, 0.6) is 5.75 Å². The number of nitro groups is 1. The normalized spacial score (nSPS) is 10.7. The van der Waals surface area contributed by atoms with Gasteiger partial charge in [-0.15, -0.1) is 0 Å². The molecule has 134 valence electrons. The summed E-state index contributed by atoms with van der Waals surface area (Å²) in [7, 11) is 1.68. The Morgan fingerprint density at radius 2 is 2.04 bits per heavy atom. The lowest BCUT2D eigenvalue weighted by atomic mass is 10.1. The lowest BCUT2D eigenvalue weighted by Gasteiger charge is -2.19. The number of nitrogens with zero attached hydrogens (tertiary/aromatic N) is 3. The molecule has 3 aromatic rings. The molecule has 0 radical (unpaired) electrons. The molecule has 3 rings (SSSR count). The number of halogens is 1. The number of fused-ring (bicyclic) bond motifs is 1. The maximum Gasteiger partial charge on any atom is 0.293 e. The molecule has 0 aliphatic carbocycles. The summed E-state index contributed by atoms with van der Waals surface area (Å²) in [6.45, 7) is 0.576. The topological polar surface area (TPSA) is 101 Å². The predicted octanol–water partition coefficient (Wildman–Crippen LogP) is 2.49. The number of H-pyrrole nitrogens is 1. The van der Waals surface area contributed by atoms with E-state index in [-0.39, 0.29) is 23.5 Å². The molecule has 26 heavy (non-hydrogen) atoms. The van der Waals surface area contributed by atoms with Crippen molar-refractivity contribution in [3.63, 3.8) is 0 Å². The van der Waals surface area contributed by atoms with Crippen molar-refractivity contribution in [2.75, 3.05) is 25.1 Å². The highest BCUT2D eigenvalue weighted by atomic mass is 19.1. The molecule has 1 aromatic heterocycles. The fourth-order valence-electron chi connectivity index (χ4n) is 2.50. The van der Waals surface area contributed by atoms with E-state index in [0.29, 0.717) is 23.5 Å². The summed E-state index contributed by atoms with van der Waals surface area (Å²) in [6.07, 6.45) is 1.25. The minimum Gasteiger partial charge on any atom is -0.492 e. The van der Waals surface area contributed by atoms with Crippen molar-refractivity contribution in [1.82, 2.24) is 9.97 Å². The van der Waals surface area contributed by atoms with Gasteiger partial charge in [0, 0.05) is 13.1 Å². The summed E-state index contributed by atoms with van der Waals surface area (Å²) in [5.74, 6) is 0.143. The van der Waals surface area contributed by atoms with Gasteiger partial charge in [-0.3, -0.25) is 14.9 Å². The highest BCUT2D eigenvalue weighted by Crippen LogP contribution is 2.30. The number of nitro benzene ring substituents is 1. The van der Waals surface area contributed by atoms with Crippen LogP contribution < -0.4 is 15.2 Å². The molecule has 0 atom stereocenters. The van der Waals surface area contributed by atoms with Gasteiger partial charge in [-0.05, 0) is 30.3 Å². The lowest BCUT2D eigenvalue weighted by molar-refractivity contribution is -0.384. The number of hydrogen-bond donors (Lipinski definition) is 1. The SMILES string of the molecule is CN(CCOc1ccc(F)cc1)c1cc2nc[nH]c(=O)c2cc1[N+](=O)[O-]. The Hall–Kier alpha value is -3.49. The average Bonchev–Trinajstić information content (AvgIpc) is 2.62. The zero-order chi connectivity index (χ0) is 18.7. The molecular formula is C17H15FN4O4. The van der Waals surface area contributed by atoms with E-state index in [2.05, 4.69) is 9.97 Å². The number of likely N-dealkylation sites (N-methyl/N-ethyl adjacent to an activating group) is 1. The first-order valence-electron chi connectivity index (χ1n) is 7.71. The third kappa shape index (κ3) is 3.61. The van der Waals surface area contributed by atoms with Crippen LogP contribution in [0, 0.1) is 15.9 Å². The summed E-state index contributed by atoms with van der Waals surface area (Å²) in [5.41, 5.74) is 0.0520. The van der Waals surface area contributed by atoms with Gasteiger partial charge in [-0.25, -0.2) is 9.37 Å². The first kappa shape index (κ1) is 17.3. The van der Waals surface area contributed by atoms with Gasteiger partial charge >= 0.3 is 0 Å². The first-order valence-corrected chi connectivity index (χ1v) is 7.71. The number of benzene rings is 2. The summed E-state index contributed by atoms with van der Waals surface area (Å²) in [5, 5.41) is 11.5. The molecule has 0 saturated carbocycles. The maximum absolute atomic E-state index is 12.9. The monoisotopic (exact) mass is 358 g/mol. The van der Waals surface area contributed by atoms with E-state index in [1.165, 1.54) is 42.7 Å². The van der Waals surface area contributed by atoms with Crippen molar-refractivity contribution in [2.45, 2.75) is 0 Å². The maximum atomic E-state index is 12.9. The molecule has 0 fully saturated rings. The second-order valence-electron chi connectivity index (χ2n) is 5.57. The molecule has 0 spiro atoms. The number of ether oxygens (including phenoxy) is 1. The minimum atomic E-state index is -0.543. The van der Waals surface area contributed by atoms with E-state index in [4.69, 9.17) is 4.74 Å². The molecule has 0 unspecified atom stereocenters. The van der Waals surface area contributed by atoms with Gasteiger partial charge in [0.2, 0.25) is 0 Å². The third-order valence-corrected chi connectivity index (χ3v) is 3.85. The number of aromatic nitrogens is 2. The molecule has 8 nitrogen and oxygen atoms in total. The summed E-state index contributed by atoms with van der Waals surface area (Å²) in [6, 6.07) is 8.30.